The molecule has 6 nitrogen and oxygen atoms in total. The van der Waals surface area contributed by atoms with Gasteiger partial charge in [0.1, 0.15) is 12.4 Å². The fourth-order valence-electron chi connectivity index (χ4n) is 3.73. The molecule has 2 amide bonds. The topological polar surface area (TPSA) is 71.0 Å². The molecule has 0 aromatic heterocycles. The molecule has 1 fully saturated rings. The van der Waals surface area contributed by atoms with Crippen LogP contribution in [0.3, 0.4) is 0 Å². The lowest BCUT2D eigenvalue weighted by Crippen LogP contribution is -2.30. The first kappa shape index (κ1) is 22.3. The lowest BCUT2D eigenvalue weighted by Gasteiger charge is -2.16. The quantitative estimate of drug-likeness (QED) is 0.422. The van der Waals surface area contributed by atoms with Crippen molar-refractivity contribution in [1.29, 1.82) is 0 Å². The Morgan fingerprint density at radius 2 is 1.61 bits per heavy atom. The first-order valence-corrected chi connectivity index (χ1v) is 11.0. The maximum atomic E-state index is 12.6. The van der Waals surface area contributed by atoms with Gasteiger partial charge in [0.05, 0.1) is 11.6 Å². The normalized spacial score (nSPS) is 16.0. The van der Waals surface area contributed by atoms with Crippen molar-refractivity contribution in [3.63, 3.8) is 0 Å². The molecule has 33 heavy (non-hydrogen) atoms. The molecule has 1 aliphatic heterocycles. The van der Waals surface area contributed by atoms with Gasteiger partial charge in [-0.15, -0.1) is 0 Å². The van der Waals surface area contributed by atoms with Gasteiger partial charge in [0.25, 0.3) is 0 Å². The van der Waals surface area contributed by atoms with E-state index in [4.69, 9.17) is 4.74 Å². The molecule has 168 valence electrons. The molecule has 4 rings (SSSR count). The minimum atomic E-state index is -0.397. The molecule has 0 aliphatic carbocycles. The summed E-state index contributed by atoms with van der Waals surface area (Å²) >= 11 is 0. The molecule has 1 unspecified atom stereocenters. The SMILES string of the molecule is C/C(=N\NC(=O)C1CC(=O)N(Cc2ccccc2)C1)c1ccc(OCc2ccccc2)cc1. The number of hydrogen-bond donors (Lipinski definition) is 1. The predicted octanol–water partition coefficient (Wildman–Crippen LogP) is 4.15. The third kappa shape index (κ3) is 6.07. The van der Waals surface area contributed by atoms with Crippen LogP contribution in [0.15, 0.2) is 90.0 Å². The summed E-state index contributed by atoms with van der Waals surface area (Å²) in [5, 5.41) is 4.24. The van der Waals surface area contributed by atoms with E-state index in [9.17, 15) is 9.59 Å². The second-order valence-electron chi connectivity index (χ2n) is 8.13. The minimum absolute atomic E-state index is 0.00852. The highest BCUT2D eigenvalue weighted by Crippen LogP contribution is 2.20. The summed E-state index contributed by atoms with van der Waals surface area (Å²) in [7, 11) is 0. The van der Waals surface area contributed by atoms with Crippen LogP contribution < -0.4 is 10.2 Å². The molecule has 0 bridgehead atoms. The van der Waals surface area contributed by atoms with E-state index in [1.165, 1.54) is 0 Å². The molecule has 3 aromatic rings. The zero-order valence-electron chi connectivity index (χ0n) is 18.6. The highest BCUT2D eigenvalue weighted by atomic mass is 16.5. The Bertz CT molecular complexity index is 1110. The van der Waals surface area contributed by atoms with E-state index in [0.29, 0.717) is 25.4 Å². The molecule has 6 heteroatoms. The molecule has 1 aliphatic rings. The second-order valence-corrected chi connectivity index (χ2v) is 8.13. The number of carbonyl (C=O) groups excluding carboxylic acids is 2. The third-order valence-corrected chi connectivity index (χ3v) is 5.66. The molecule has 1 N–H and O–H groups in total. The van der Waals surface area contributed by atoms with Crippen LogP contribution in [0.5, 0.6) is 5.75 Å². The van der Waals surface area contributed by atoms with Crippen LogP contribution in [0, 0.1) is 5.92 Å². The summed E-state index contributed by atoms with van der Waals surface area (Å²) in [6.45, 7) is 3.26. The number of amides is 2. The van der Waals surface area contributed by atoms with Gasteiger partial charge < -0.3 is 9.64 Å². The Hall–Kier alpha value is -3.93. The van der Waals surface area contributed by atoms with Gasteiger partial charge in [0.2, 0.25) is 11.8 Å². The Morgan fingerprint density at radius 1 is 0.970 bits per heavy atom. The molecule has 1 atom stereocenters. The fourth-order valence-corrected chi connectivity index (χ4v) is 3.73. The Kier molecular flexibility index (Phi) is 7.15. The highest BCUT2D eigenvalue weighted by Gasteiger charge is 2.34. The molecule has 0 radical (unpaired) electrons. The van der Waals surface area contributed by atoms with Crippen LogP contribution in [0.2, 0.25) is 0 Å². The third-order valence-electron chi connectivity index (χ3n) is 5.66. The lowest BCUT2D eigenvalue weighted by atomic mass is 10.1. The standard InChI is InChI=1S/C27H27N3O3/c1-20(23-12-14-25(15-13-23)33-19-22-10-6-3-7-11-22)28-29-27(32)24-16-26(31)30(18-24)17-21-8-4-2-5-9-21/h2-15,24H,16-19H2,1H3,(H,29,32)/b28-20+. The van der Waals surface area contributed by atoms with Crippen LogP contribution in [0.4, 0.5) is 0 Å². The van der Waals surface area contributed by atoms with E-state index in [2.05, 4.69) is 10.5 Å². The number of rotatable bonds is 8. The summed E-state index contributed by atoms with van der Waals surface area (Å²) in [5.74, 6) is 0.126. The molecule has 0 saturated carbocycles. The van der Waals surface area contributed by atoms with E-state index in [1.54, 1.807) is 4.90 Å². The van der Waals surface area contributed by atoms with Crippen molar-refractivity contribution in [2.75, 3.05) is 6.54 Å². The van der Waals surface area contributed by atoms with Crippen LogP contribution in [-0.4, -0.2) is 29.0 Å². The molecule has 1 saturated heterocycles. The number of nitrogens with zero attached hydrogens (tertiary/aromatic N) is 2. The number of benzene rings is 3. The van der Waals surface area contributed by atoms with Gasteiger partial charge in [0, 0.05) is 19.5 Å². The van der Waals surface area contributed by atoms with Crippen molar-refractivity contribution in [2.45, 2.75) is 26.5 Å². The zero-order chi connectivity index (χ0) is 23.0. The average Bonchev–Trinajstić information content (AvgIpc) is 3.22. The molecular weight excluding hydrogens is 414 g/mol. The fraction of sp³-hybridized carbons (Fsp3) is 0.222. The second kappa shape index (κ2) is 10.6. The Labute approximate surface area is 193 Å². The summed E-state index contributed by atoms with van der Waals surface area (Å²) in [6, 6.07) is 27.4. The molecule has 1 heterocycles. The summed E-state index contributed by atoms with van der Waals surface area (Å²) in [5.41, 5.74) is 6.36. The maximum Gasteiger partial charge on any atom is 0.245 e. The molecular formula is C27H27N3O3. The van der Waals surface area contributed by atoms with E-state index >= 15 is 0 Å². The number of ether oxygens (including phenoxy) is 1. The summed E-state index contributed by atoms with van der Waals surface area (Å²) in [6.07, 6.45) is 0.209. The van der Waals surface area contributed by atoms with Gasteiger partial charge in [-0.05, 0) is 47.9 Å². The zero-order valence-corrected chi connectivity index (χ0v) is 18.6. The molecule has 3 aromatic carbocycles. The van der Waals surface area contributed by atoms with Crippen molar-refractivity contribution < 1.29 is 14.3 Å². The van der Waals surface area contributed by atoms with Crippen LogP contribution in [-0.2, 0) is 22.7 Å². The van der Waals surface area contributed by atoms with E-state index in [1.807, 2.05) is 91.9 Å². The first-order chi connectivity index (χ1) is 16.1. The van der Waals surface area contributed by atoms with Crippen molar-refractivity contribution in [3.05, 3.63) is 102 Å². The van der Waals surface area contributed by atoms with Gasteiger partial charge in [-0.2, -0.15) is 5.10 Å². The van der Waals surface area contributed by atoms with E-state index in [-0.39, 0.29) is 18.2 Å². The van der Waals surface area contributed by atoms with Gasteiger partial charge >= 0.3 is 0 Å². The van der Waals surface area contributed by atoms with E-state index in [0.717, 1.165) is 22.4 Å². The van der Waals surface area contributed by atoms with Gasteiger partial charge in [-0.1, -0.05) is 60.7 Å². The smallest absolute Gasteiger partial charge is 0.245 e. The summed E-state index contributed by atoms with van der Waals surface area (Å²) < 4.78 is 5.81. The van der Waals surface area contributed by atoms with Crippen LogP contribution in [0.25, 0.3) is 0 Å². The van der Waals surface area contributed by atoms with Crippen LogP contribution in [0.1, 0.15) is 30.0 Å². The monoisotopic (exact) mass is 441 g/mol. The van der Waals surface area contributed by atoms with Gasteiger partial charge in [-0.3, -0.25) is 9.59 Å². The van der Waals surface area contributed by atoms with Crippen molar-refractivity contribution >= 4 is 17.5 Å². The number of hydrazone groups is 1. The largest absolute Gasteiger partial charge is 0.489 e. The van der Waals surface area contributed by atoms with Gasteiger partial charge in [-0.25, -0.2) is 5.43 Å². The molecule has 0 spiro atoms. The van der Waals surface area contributed by atoms with Crippen molar-refractivity contribution in [2.24, 2.45) is 11.0 Å². The number of likely N-dealkylation sites (tertiary alicyclic amines) is 1. The summed E-state index contributed by atoms with van der Waals surface area (Å²) in [4.78, 5) is 26.6. The average molecular weight is 442 g/mol. The Morgan fingerprint density at radius 3 is 2.27 bits per heavy atom. The lowest BCUT2D eigenvalue weighted by molar-refractivity contribution is -0.129. The Balaban J connectivity index is 1.28. The van der Waals surface area contributed by atoms with Crippen molar-refractivity contribution in [1.82, 2.24) is 10.3 Å². The number of nitrogens with one attached hydrogen (secondary N) is 1. The maximum absolute atomic E-state index is 12.6. The van der Waals surface area contributed by atoms with Crippen molar-refractivity contribution in [3.8, 4) is 5.75 Å². The number of hydrogen-bond acceptors (Lipinski definition) is 4. The van der Waals surface area contributed by atoms with Crippen LogP contribution >= 0.6 is 0 Å². The van der Waals surface area contributed by atoms with E-state index < -0.39 is 5.92 Å². The number of carbonyl (C=O) groups is 2. The highest BCUT2D eigenvalue weighted by molar-refractivity contribution is 5.99. The van der Waals surface area contributed by atoms with Gasteiger partial charge in [0.15, 0.2) is 0 Å². The minimum Gasteiger partial charge on any atom is -0.489 e. The predicted molar refractivity (Wildman–Crippen MR) is 128 cm³/mol. The first-order valence-electron chi connectivity index (χ1n) is 11.0.